The Hall–Kier alpha value is -1.52. The van der Waals surface area contributed by atoms with E-state index in [1.807, 2.05) is 20.0 Å². The summed E-state index contributed by atoms with van der Waals surface area (Å²) in [6, 6.07) is 1.70. The van der Waals surface area contributed by atoms with E-state index in [2.05, 4.69) is 15.7 Å². The van der Waals surface area contributed by atoms with Crippen LogP contribution in [-0.4, -0.2) is 22.4 Å². The minimum atomic E-state index is -0.148. The number of nitrogens with zero attached hydrogens (tertiary/aromatic N) is 2. The maximum atomic E-state index is 11.4. The average Bonchev–Trinajstić information content (AvgIpc) is 2.92. The van der Waals surface area contributed by atoms with E-state index < -0.39 is 0 Å². The van der Waals surface area contributed by atoms with Gasteiger partial charge in [-0.15, -0.1) is 0 Å². The molecule has 5 heteroatoms. The highest BCUT2D eigenvalue weighted by Gasteiger charge is 2.21. The normalized spacial score (nSPS) is 15.1. The highest BCUT2D eigenvalue weighted by molar-refractivity contribution is 5.88. The second kappa shape index (κ2) is 3.92. The molecule has 1 aromatic heterocycles. The molecule has 1 aliphatic rings. The summed E-state index contributed by atoms with van der Waals surface area (Å²) in [5.74, 6) is 1.42. The highest BCUT2D eigenvalue weighted by atomic mass is 16.2. The van der Waals surface area contributed by atoms with Crippen molar-refractivity contribution in [1.82, 2.24) is 15.1 Å². The van der Waals surface area contributed by atoms with Crippen molar-refractivity contribution < 1.29 is 4.79 Å². The van der Waals surface area contributed by atoms with E-state index in [4.69, 9.17) is 0 Å². The third-order valence-corrected chi connectivity index (χ3v) is 2.49. The van der Waals surface area contributed by atoms with Crippen LogP contribution in [-0.2, 0) is 7.05 Å². The van der Waals surface area contributed by atoms with Crippen LogP contribution in [0.5, 0.6) is 0 Å². The van der Waals surface area contributed by atoms with Gasteiger partial charge in [0.1, 0.15) is 5.82 Å². The zero-order chi connectivity index (χ0) is 10.8. The molecule has 0 spiro atoms. The lowest BCUT2D eigenvalue weighted by molar-refractivity contribution is 0.251. The Morgan fingerprint density at radius 2 is 2.40 bits per heavy atom. The highest BCUT2D eigenvalue weighted by Crippen LogP contribution is 2.27. The van der Waals surface area contributed by atoms with Gasteiger partial charge in [-0.05, 0) is 25.7 Å². The number of carbonyl (C=O) groups is 1. The molecule has 0 aliphatic heterocycles. The number of rotatable bonds is 3. The van der Waals surface area contributed by atoms with E-state index in [1.165, 1.54) is 12.8 Å². The molecule has 1 aliphatic carbocycles. The zero-order valence-corrected chi connectivity index (χ0v) is 9.08. The van der Waals surface area contributed by atoms with Crippen molar-refractivity contribution in [3.8, 4) is 0 Å². The molecule has 5 nitrogen and oxygen atoms in total. The maximum absolute atomic E-state index is 11.4. The summed E-state index contributed by atoms with van der Waals surface area (Å²) in [7, 11) is 1.81. The Bertz CT molecular complexity index is 367. The van der Waals surface area contributed by atoms with Crippen LogP contribution in [0.3, 0.4) is 0 Å². The van der Waals surface area contributed by atoms with E-state index >= 15 is 0 Å². The lowest BCUT2D eigenvalue weighted by Gasteiger charge is -2.06. The molecule has 15 heavy (non-hydrogen) atoms. The van der Waals surface area contributed by atoms with Crippen LogP contribution in [0.25, 0.3) is 0 Å². The number of hydrogen-bond donors (Lipinski definition) is 2. The Labute approximate surface area is 88.8 Å². The lowest BCUT2D eigenvalue weighted by atomic mass is 10.4. The van der Waals surface area contributed by atoms with Crippen LogP contribution in [0.1, 0.15) is 18.5 Å². The average molecular weight is 208 g/mol. The van der Waals surface area contributed by atoms with Crippen LogP contribution >= 0.6 is 0 Å². The van der Waals surface area contributed by atoms with Gasteiger partial charge < -0.3 is 5.32 Å². The van der Waals surface area contributed by atoms with Crippen LogP contribution in [0.4, 0.5) is 10.6 Å². The second-order valence-electron chi connectivity index (χ2n) is 4.07. The minimum Gasteiger partial charge on any atom is -0.338 e. The molecule has 0 radical (unpaired) electrons. The smallest absolute Gasteiger partial charge is 0.320 e. The number of anilines is 1. The van der Waals surface area contributed by atoms with E-state index in [0.717, 1.165) is 18.1 Å². The monoisotopic (exact) mass is 208 g/mol. The molecule has 1 aromatic rings. The van der Waals surface area contributed by atoms with Crippen molar-refractivity contribution in [3.63, 3.8) is 0 Å². The van der Waals surface area contributed by atoms with E-state index in [0.29, 0.717) is 5.92 Å². The van der Waals surface area contributed by atoms with Gasteiger partial charge in [-0.25, -0.2) is 4.79 Å². The predicted octanol–water partition coefficient (Wildman–Crippen LogP) is 1.26. The fourth-order valence-corrected chi connectivity index (χ4v) is 1.45. The van der Waals surface area contributed by atoms with Gasteiger partial charge >= 0.3 is 6.03 Å². The molecule has 1 fully saturated rings. The van der Waals surface area contributed by atoms with Crippen molar-refractivity contribution in [2.75, 3.05) is 11.9 Å². The van der Waals surface area contributed by atoms with Crippen molar-refractivity contribution in [2.24, 2.45) is 13.0 Å². The van der Waals surface area contributed by atoms with E-state index in [9.17, 15) is 4.79 Å². The summed E-state index contributed by atoms with van der Waals surface area (Å²) < 4.78 is 1.66. The summed E-state index contributed by atoms with van der Waals surface area (Å²) in [5.41, 5.74) is 0.898. The molecule has 0 saturated heterocycles. The number of aromatic nitrogens is 2. The molecule has 1 heterocycles. The molecule has 2 N–H and O–H groups in total. The summed E-state index contributed by atoms with van der Waals surface area (Å²) >= 11 is 0. The first-order valence-electron chi connectivity index (χ1n) is 5.20. The van der Waals surface area contributed by atoms with Crippen LogP contribution < -0.4 is 10.6 Å². The second-order valence-corrected chi connectivity index (χ2v) is 4.07. The fraction of sp³-hybridized carbons (Fsp3) is 0.600. The van der Waals surface area contributed by atoms with Gasteiger partial charge in [-0.3, -0.25) is 10.00 Å². The molecule has 0 bridgehead atoms. The summed E-state index contributed by atoms with van der Waals surface area (Å²) in [5, 5.41) is 9.75. The standard InChI is InChI=1S/C10H16N4O/c1-7-5-9(14(2)13-7)12-10(15)11-6-8-3-4-8/h5,8H,3-4,6H2,1-2H3,(H2,11,12,15). The Morgan fingerprint density at radius 1 is 1.67 bits per heavy atom. The number of amides is 2. The number of nitrogens with one attached hydrogen (secondary N) is 2. The summed E-state index contributed by atoms with van der Waals surface area (Å²) in [6.07, 6.45) is 2.48. The fourth-order valence-electron chi connectivity index (χ4n) is 1.45. The molecule has 0 atom stereocenters. The Morgan fingerprint density at radius 3 is 2.93 bits per heavy atom. The number of hydrogen-bond acceptors (Lipinski definition) is 2. The van der Waals surface area contributed by atoms with Crippen molar-refractivity contribution in [2.45, 2.75) is 19.8 Å². The first-order valence-corrected chi connectivity index (χ1v) is 5.20. The van der Waals surface area contributed by atoms with Crippen LogP contribution in [0, 0.1) is 12.8 Å². The molecule has 0 aromatic carbocycles. The predicted molar refractivity (Wildman–Crippen MR) is 57.7 cm³/mol. The van der Waals surface area contributed by atoms with Gasteiger partial charge in [0.2, 0.25) is 0 Å². The van der Waals surface area contributed by atoms with E-state index in [-0.39, 0.29) is 6.03 Å². The first-order chi connectivity index (χ1) is 7.15. The topological polar surface area (TPSA) is 59.0 Å². The quantitative estimate of drug-likeness (QED) is 0.785. The van der Waals surface area contributed by atoms with Gasteiger partial charge in [0, 0.05) is 19.7 Å². The minimum absolute atomic E-state index is 0.148. The van der Waals surface area contributed by atoms with E-state index in [1.54, 1.807) is 4.68 Å². The largest absolute Gasteiger partial charge is 0.338 e. The summed E-state index contributed by atoms with van der Waals surface area (Å²) in [4.78, 5) is 11.4. The van der Waals surface area contributed by atoms with Gasteiger partial charge in [-0.2, -0.15) is 5.10 Å². The number of carbonyl (C=O) groups excluding carboxylic acids is 1. The van der Waals surface area contributed by atoms with Crippen molar-refractivity contribution >= 4 is 11.8 Å². The maximum Gasteiger partial charge on any atom is 0.320 e. The van der Waals surface area contributed by atoms with Crippen molar-refractivity contribution in [3.05, 3.63) is 11.8 Å². The first kappa shape index (κ1) is 10.0. The molecule has 2 rings (SSSR count). The Kier molecular flexibility index (Phi) is 2.62. The van der Waals surface area contributed by atoms with Gasteiger partial charge in [0.15, 0.2) is 0 Å². The SMILES string of the molecule is Cc1cc(NC(=O)NCC2CC2)n(C)n1. The zero-order valence-electron chi connectivity index (χ0n) is 9.08. The molecule has 1 saturated carbocycles. The Balaban J connectivity index is 1.84. The van der Waals surface area contributed by atoms with Gasteiger partial charge in [-0.1, -0.05) is 0 Å². The molecular weight excluding hydrogens is 192 g/mol. The molecular formula is C10H16N4O. The number of aryl methyl sites for hydroxylation is 2. The van der Waals surface area contributed by atoms with Gasteiger partial charge in [0.25, 0.3) is 0 Å². The van der Waals surface area contributed by atoms with Gasteiger partial charge in [0.05, 0.1) is 5.69 Å². The molecule has 0 unspecified atom stereocenters. The third kappa shape index (κ3) is 2.71. The summed E-state index contributed by atoms with van der Waals surface area (Å²) in [6.45, 7) is 2.68. The molecule has 82 valence electrons. The van der Waals surface area contributed by atoms with Crippen molar-refractivity contribution in [1.29, 1.82) is 0 Å². The lowest BCUT2D eigenvalue weighted by Crippen LogP contribution is -2.31. The molecule has 2 amide bonds. The number of urea groups is 1. The van der Waals surface area contributed by atoms with Crippen LogP contribution in [0.2, 0.25) is 0 Å². The third-order valence-electron chi connectivity index (χ3n) is 2.49. The van der Waals surface area contributed by atoms with Crippen LogP contribution in [0.15, 0.2) is 6.07 Å².